The van der Waals surface area contributed by atoms with Gasteiger partial charge in [-0.25, -0.2) is 4.98 Å². The molecule has 2 bridgehead atoms. The Kier molecular flexibility index (Phi) is 18.5. The van der Waals surface area contributed by atoms with Crippen molar-refractivity contribution in [1.29, 1.82) is 0 Å². The molecule has 12 heteroatoms. The number of nitrogens with one attached hydrogen (secondary N) is 3. The molecule has 0 fully saturated rings. The molecule has 0 saturated heterocycles. The van der Waals surface area contributed by atoms with Crippen LogP contribution < -0.4 is 16.0 Å². The summed E-state index contributed by atoms with van der Waals surface area (Å²) in [6, 6.07) is 0. The van der Waals surface area contributed by atoms with Gasteiger partial charge >= 0.3 is 5.97 Å². The molecule has 1 unspecified atom stereocenters. The molecule has 2 rings (SSSR count). The molecule has 1 aromatic rings. The lowest BCUT2D eigenvalue weighted by molar-refractivity contribution is -0.147. The Hall–Kier alpha value is -2.99. The van der Waals surface area contributed by atoms with Crippen molar-refractivity contribution in [3.05, 3.63) is 40.0 Å². The maximum Gasteiger partial charge on any atom is 0.326 e. The van der Waals surface area contributed by atoms with E-state index in [4.69, 9.17) is 4.74 Å². The lowest BCUT2D eigenvalue weighted by atomic mass is 10.2. The SMILES string of the molecule is C/C=C1\NC(=O)c2csc(n2)CNC(=O)CC(/C=C/CCSC(C)=O)OC(=O)CNC1=O.CC.CCC. The van der Waals surface area contributed by atoms with E-state index >= 15 is 0 Å². The molecular weight excluding hydrogens is 516 g/mol. The Morgan fingerprint density at radius 2 is 1.84 bits per heavy atom. The number of esters is 1. The number of hydrogen-bond acceptors (Lipinski definition) is 9. The largest absolute Gasteiger partial charge is 0.456 e. The fourth-order valence-electron chi connectivity index (χ4n) is 2.50. The van der Waals surface area contributed by atoms with Gasteiger partial charge in [0.15, 0.2) is 5.12 Å². The van der Waals surface area contributed by atoms with Crippen molar-refractivity contribution >= 4 is 51.9 Å². The molecule has 0 spiro atoms. The van der Waals surface area contributed by atoms with E-state index in [1.807, 2.05) is 13.8 Å². The molecule has 0 aromatic carbocycles. The minimum absolute atomic E-state index is 0.00619. The number of carbonyl (C=O) groups excluding carboxylic acids is 5. The number of allylic oxidation sites excluding steroid dienone is 2. The molecule has 1 aliphatic heterocycles. The van der Waals surface area contributed by atoms with Crippen molar-refractivity contribution < 1.29 is 28.7 Å². The summed E-state index contributed by atoms with van der Waals surface area (Å²) in [6.07, 6.45) is 5.56. The first-order chi connectivity index (χ1) is 17.7. The number of cyclic esters (lactones) is 1. The second-order valence-electron chi connectivity index (χ2n) is 7.24. The van der Waals surface area contributed by atoms with Crippen molar-refractivity contribution in [3.63, 3.8) is 0 Å². The van der Waals surface area contributed by atoms with Crippen LogP contribution in [0.15, 0.2) is 29.3 Å². The van der Waals surface area contributed by atoms with Gasteiger partial charge in [-0.05, 0) is 19.4 Å². The minimum atomic E-state index is -0.845. The van der Waals surface area contributed by atoms with E-state index in [-0.39, 0.29) is 35.4 Å². The van der Waals surface area contributed by atoms with E-state index < -0.39 is 30.4 Å². The van der Waals surface area contributed by atoms with Crippen LogP contribution in [0.1, 0.15) is 76.3 Å². The lowest BCUT2D eigenvalue weighted by Crippen LogP contribution is -2.39. The first-order valence-corrected chi connectivity index (χ1v) is 14.0. The van der Waals surface area contributed by atoms with E-state index in [9.17, 15) is 24.0 Å². The van der Waals surface area contributed by atoms with Crippen molar-refractivity contribution in [2.45, 2.75) is 73.5 Å². The summed E-state index contributed by atoms with van der Waals surface area (Å²) in [4.78, 5) is 64.3. The smallest absolute Gasteiger partial charge is 0.326 e. The van der Waals surface area contributed by atoms with Gasteiger partial charge in [0.05, 0.1) is 13.0 Å². The van der Waals surface area contributed by atoms with Crippen molar-refractivity contribution in [3.8, 4) is 0 Å². The summed E-state index contributed by atoms with van der Waals surface area (Å²) in [6.45, 7) is 11.0. The monoisotopic (exact) mass is 554 g/mol. The van der Waals surface area contributed by atoms with Crippen LogP contribution in [0.25, 0.3) is 0 Å². The number of nitrogens with zero attached hydrogens (tertiary/aromatic N) is 1. The van der Waals surface area contributed by atoms with Crippen molar-refractivity contribution in [2.75, 3.05) is 12.3 Å². The van der Waals surface area contributed by atoms with Crippen LogP contribution in [0.2, 0.25) is 0 Å². The lowest BCUT2D eigenvalue weighted by Gasteiger charge is -2.15. The van der Waals surface area contributed by atoms with Gasteiger partial charge < -0.3 is 20.7 Å². The van der Waals surface area contributed by atoms with E-state index in [0.717, 1.165) is 0 Å². The molecule has 0 saturated carbocycles. The molecule has 2 heterocycles. The number of thioether (sulfide) groups is 1. The first-order valence-electron chi connectivity index (χ1n) is 12.2. The Morgan fingerprint density at radius 3 is 2.46 bits per heavy atom. The molecule has 1 atom stereocenters. The predicted octanol–water partition coefficient (Wildman–Crippen LogP) is 3.49. The maximum absolute atomic E-state index is 12.3. The highest BCUT2D eigenvalue weighted by atomic mass is 32.2. The summed E-state index contributed by atoms with van der Waals surface area (Å²) < 4.78 is 5.32. The number of thiazole rings is 1. The van der Waals surface area contributed by atoms with Crippen LogP contribution in [0, 0.1) is 0 Å². The van der Waals surface area contributed by atoms with Gasteiger partial charge in [0.1, 0.15) is 29.0 Å². The predicted molar refractivity (Wildman–Crippen MR) is 147 cm³/mol. The Bertz CT molecular complexity index is 959. The highest BCUT2D eigenvalue weighted by molar-refractivity contribution is 8.13. The molecule has 206 valence electrons. The minimum Gasteiger partial charge on any atom is -0.456 e. The fourth-order valence-corrected chi connectivity index (χ4v) is 3.75. The number of ether oxygens (including phenoxy) is 1. The molecule has 37 heavy (non-hydrogen) atoms. The molecule has 10 nitrogen and oxygen atoms in total. The molecule has 1 aliphatic rings. The van der Waals surface area contributed by atoms with Crippen molar-refractivity contribution in [2.24, 2.45) is 0 Å². The second kappa shape index (κ2) is 20.1. The number of aromatic nitrogens is 1. The van der Waals surface area contributed by atoms with E-state index in [1.165, 1.54) is 47.9 Å². The fraction of sp³-hybridized carbons (Fsp3) is 0.520. The van der Waals surface area contributed by atoms with Gasteiger partial charge in [0.2, 0.25) is 5.91 Å². The molecule has 1 aromatic heterocycles. The van der Waals surface area contributed by atoms with Crippen LogP contribution in [0.5, 0.6) is 0 Å². The standard InChI is InChI=1S/C20H24N4O6S2.C3H8.C2H6/c1-3-14-19(28)22-10-18(27)30-13(6-4-5-7-31-12(2)25)8-16(26)21-9-17-23-15(11-32-17)20(29)24-14;1-3-2;1-2/h3-4,6,11,13H,5,7-10H2,1-2H3,(H,21,26)(H,22,28)(H,24,29);3H2,1-2H3;1-2H3/b6-4+,14-3-;;. The Labute approximate surface area is 227 Å². The topological polar surface area (TPSA) is 144 Å². The van der Waals surface area contributed by atoms with E-state index in [1.54, 1.807) is 19.1 Å². The third-order valence-electron chi connectivity index (χ3n) is 4.01. The average Bonchev–Trinajstić information content (AvgIpc) is 3.34. The third kappa shape index (κ3) is 15.0. The molecule has 0 radical (unpaired) electrons. The van der Waals surface area contributed by atoms with Crippen molar-refractivity contribution in [1.82, 2.24) is 20.9 Å². The number of amides is 3. The molecule has 0 aliphatic carbocycles. The van der Waals surface area contributed by atoms with Gasteiger partial charge in [-0.3, -0.25) is 24.0 Å². The highest BCUT2D eigenvalue weighted by Crippen LogP contribution is 2.11. The highest BCUT2D eigenvalue weighted by Gasteiger charge is 2.20. The summed E-state index contributed by atoms with van der Waals surface area (Å²) >= 11 is 2.37. The summed E-state index contributed by atoms with van der Waals surface area (Å²) in [5.41, 5.74) is 0.0827. The van der Waals surface area contributed by atoms with E-state index in [0.29, 0.717) is 17.2 Å². The van der Waals surface area contributed by atoms with Gasteiger partial charge in [-0.15, -0.1) is 11.3 Å². The second-order valence-corrected chi connectivity index (χ2v) is 9.45. The van der Waals surface area contributed by atoms with Crippen LogP contribution in [0.3, 0.4) is 0 Å². The van der Waals surface area contributed by atoms with Crippen LogP contribution >= 0.6 is 23.1 Å². The summed E-state index contributed by atoms with van der Waals surface area (Å²) in [7, 11) is 0. The molecular formula is C25H38N4O6S2. The molecule has 3 N–H and O–H groups in total. The zero-order valence-electron chi connectivity index (χ0n) is 22.3. The zero-order valence-corrected chi connectivity index (χ0v) is 24.0. The quantitative estimate of drug-likeness (QED) is 0.222. The van der Waals surface area contributed by atoms with Gasteiger partial charge in [-0.2, -0.15) is 0 Å². The van der Waals surface area contributed by atoms with Gasteiger partial charge in [0, 0.05) is 18.1 Å². The van der Waals surface area contributed by atoms with E-state index in [2.05, 4.69) is 34.8 Å². The van der Waals surface area contributed by atoms with Crippen LogP contribution in [-0.4, -0.2) is 52.2 Å². The summed E-state index contributed by atoms with van der Waals surface area (Å²) in [5.74, 6) is -1.79. The first kappa shape index (κ1) is 34.0. The number of hydrogen-bond donors (Lipinski definition) is 3. The summed E-state index contributed by atoms with van der Waals surface area (Å²) in [5, 5.41) is 9.55. The average molecular weight is 555 g/mol. The maximum atomic E-state index is 12.3. The number of rotatable bonds is 4. The number of carbonyl (C=O) groups is 5. The number of fused-ring (bicyclic) bond motifs is 2. The van der Waals surface area contributed by atoms with Crippen LogP contribution in [0.4, 0.5) is 0 Å². The van der Waals surface area contributed by atoms with Gasteiger partial charge in [0.25, 0.3) is 11.8 Å². The third-order valence-corrected chi connectivity index (χ3v) is 5.70. The Morgan fingerprint density at radius 1 is 1.16 bits per heavy atom. The molecule has 3 amide bonds. The Balaban J connectivity index is 0.00000241. The normalized spacial score (nSPS) is 17.9. The zero-order chi connectivity index (χ0) is 28.2. The van der Waals surface area contributed by atoms with Crippen LogP contribution in [-0.2, 0) is 30.5 Å². The van der Waals surface area contributed by atoms with Gasteiger partial charge in [-0.1, -0.05) is 58.0 Å².